The maximum Gasteiger partial charge on any atom is 0.394 e. The van der Waals surface area contributed by atoms with Crippen LogP contribution >= 0.6 is 0 Å². The highest BCUT2D eigenvalue weighted by Crippen LogP contribution is 2.44. The molecule has 1 aliphatic carbocycles. The summed E-state index contributed by atoms with van der Waals surface area (Å²) in [6.07, 6.45) is 4.85. The second-order valence-electron chi connectivity index (χ2n) is 5.26. The lowest BCUT2D eigenvalue weighted by Gasteiger charge is -2.19. The minimum Gasteiger partial charge on any atom is -0.316 e. The Balaban J connectivity index is 0.000000233. The molecule has 2 aromatic rings. The number of hydrogen-bond donors (Lipinski definition) is 3. The van der Waals surface area contributed by atoms with Gasteiger partial charge >= 0.3 is 10.4 Å². The van der Waals surface area contributed by atoms with E-state index in [1.807, 2.05) is 0 Å². The van der Waals surface area contributed by atoms with Gasteiger partial charge in [-0.1, -0.05) is 0 Å². The van der Waals surface area contributed by atoms with Crippen LogP contribution in [-0.4, -0.2) is 40.6 Å². The minimum atomic E-state index is -4.67. The molecule has 0 spiro atoms. The number of piperidine rings is 1. The number of fused-ring (bicyclic) bond motifs is 6. The predicted octanol–water partition coefficient (Wildman–Crippen LogP) is 1.15. The molecule has 3 N–H and O–H groups in total. The molecule has 2 heterocycles. The fourth-order valence-electron chi connectivity index (χ4n) is 3.17. The SMILES string of the molecule is O=S(=O)(O)O.c1cnc2cc3c(cc2n1)[C@H]1CNC[C@H]3C1. The molecule has 0 saturated carbocycles. The molecule has 112 valence electrons. The summed E-state index contributed by atoms with van der Waals surface area (Å²) in [5, 5.41) is 3.51. The summed E-state index contributed by atoms with van der Waals surface area (Å²) in [5.74, 6) is 1.39. The van der Waals surface area contributed by atoms with E-state index in [0.717, 1.165) is 24.1 Å². The lowest BCUT2D eigenvalue weighted by atomic mass is 9.98. The van der Waals surface area contributed by atoms with Gasteiger partial charge in [0.05, 0.1) is 11.0 Å². The maximum absolute atomic E-state index is 8.74. The van der Waals surface area contributed by atoms with Gasteiger partial charge in [0.25, 0.3) is 0 Å². The average molecular weight is 309 g/mol. The van der Waals surface area contributed by atoms with E-state index in [2.05, 4.69) is 27.4 Å². The van der Waals surface area contributed by atoms with Crippen molar-refractivity contribution in [3.05, 3.63) is 35.7 Å². The molecule has 1 aromatic carbocycles. The standard InChI is InChI=1S/C13H13N3.H2O4S/c1-2-16-13-5-11-9-3-8(6-14-7-9)10(11)4-12(13)15-1;1-5(2,3)4/h1-2,4-5,8-9,14H,3,6-7H2;(H2,1,2,3,4)/t8-,9-;/m1./s1. The van der Waals surface area contributed by atoms with Crippen molar-refractivity contribution in [3.8, 4) is 0 Å². The van der Waals surface area contributed by atoms with E-state index >= 15 is 0 Å². The first kappa shape index (κ1) is 14.3. The topological polar surface area (TPSA) is 112 Å². The summed E-state index contributed by atoms with van der Waals surface area (Å²) < 4.78 is 31.6. The Morgan fingerprint density at radius 1 is 1.00 bits per heavy atom. The van der Waals surface area contributed by atoms with Crippen molar-refractivity contribution in [3.63, 3.8) is 0 Å². The Bertz CT molecular complexity index is 722. The third kappa shape index (κ3) is 3.18. The first-order valence-electron chi connectivity index (χ1n) is 6.57. The highest BCUT2D eigenvalue weighted by atomic mass is 32.3. The number of benzene rings is 1. The molecule has 7 nitrogen and oxygen atoms in total. The van der Waals surface area contributed by atoms with Crippen molar-refractivity contribution in [1.82, 2.24) is 15.3 Å². The summed E-state index contributed by atoms with van der Waals surface area (Å²) in [7, 11) is -4.67. The number of nitrogens with zero attached hydrogens (tertiary/aromatic N) is 2. The molecule has 1 aromatic heterocycles. The smallest absolute Gasteiger partial charge is 0.316 e. The second kappa shape index (κ2) is 5.30. The van der Waals surface area contributed by atoms with Gasteiger partial charge in [0, 0.05) is 25.5 Å². The van der Waals surface area contributed by atoms with Crippen LogP contribution in [0.3, 0.4) is 0 Å². The summed E-state index contributed by atoms with van der Waals surface area (Å²) in [5.41, 5.74) is 5.08. The van der Waals surface area contributed by atoms with Gasteiger partial charge in [-0.05, 0) is 41.5 Å². The van der Waals surface area contributed by atoms with Crippen molar-refractivity contribution < 1.29 is 17.5 Å². The van der Waals surface area contributed by atoms with Gasteiger partial charge in [0.1, 0.15) is 0 Å². The predicted molar refractivity (Wildman–Crippen MR) is 76.7 cm³/mol. The molecule has 1 saturated heterocycles. The molecule has 21 heavy (non-hydrogen) atoms. The van der Waals surface area contributed by atoms with E-state index in [0.29, 0.717) is 11.8 Å². The highest BCUT2D eigenvalue weighted by molar-refractivity contribution is 7.79. The first-order valence-corrected chi connectivity index (χ1v) is 7.96. The molecule has 8 heteroatoms. The quantitative estimate of drug-likeness (QED) is 0.626. The van der Waals surface area contributed by atoms with E-state index in [1.54, 1.807) is 12.4 Å². The third-order valence-electron chi connectivity index (χ3n) is 3.90. The third-order valence-corrected chi connectivity index (χ3v) is 3.90. The molecular formula is C13H15N3O4S. The van der Waals surface area contributed by atoms with Crippen LogP contribution < -0.4 is 5.32 Å². The van der Waals surface area contributed by atoms with Crippen LogP contribution in [0.15, 0.2) is 24.5 Å². The molecule has 1 aliphatic heterocycles. The molecule has 0 amide bonds. The van der Waals surface area contributed by atoms with Crippen LogP contribution in [0.4, 0.5) is 0 Å². The zero-order valence-corrected chi connectivity index (χ0v) is 11.9. The molecule has 2 bridgehead atoms. The van der Waals surface area contributed by atoms with E-state index in [1.165, 1.54) is 17.5 Å². The van der Waals surface area contributed by atoms with Gasteiger partial charge < -0.3 is 5.32 Å². The zero-order valence-electron chi connectivity index (χ0n) is 11.1. The summed E-state index contributed by atoms with van der Waals surface area (Å²) in [6.45, 7) is 2.24. The van der Waals surface area contributed by atoms with Gasteiger partial charge in [-0.15, -0.1) is 0 Å². The molecular weight excluding hydrogens is 294 g/mol. The number of nitrogens with one attached hydrogen (secondary N) is 1. The van der Waals surface area contributed by atoms with E-state index in [9.17, 15) is 0 Å². The number of hydrogen-bond acceptors (Lipinski definition) is 5. The Morgan fingerprint density at radius 3 is 1.86 bits per heavy atom. The maximum atomic E-state index is 8.74. The van der Waals surface area contributed by atoms with Gasteiger partial charge in [0.15, 0.2) is 0 Å². The number of aromatic nitrogens is 2. The van der Waals surface area contributed by atoms with E-state index in [4.69, 9.17) is 17.5 Å². The lowest BCUT2D eigenvalue weighted by molar-refractivity contribution is 0.381. The van der Waals surface area contributed by atoms with Gasteiger partial charge in [-0.2, -0.15) is 8.42 Å². The Hall–Kier alpha value is -1.61. The summed E-state index contributed by atoms with van der Waals surface area (Å²) in [6, 6.07) is 4.49. The molecule has 2 aliphatic rings. The van der Waals surface area contributed by atoms with Crippen molar-refractivity contribution in [2.75, 3.05) is 13.1 Å². The van der Waals surface area contributed by atoms with Gasteiger partial charge in [-0.25, -0.2) is 0 Å². The van der Waals surface area contributed by atoms with E-state index < -0.39 is 10.4 Å². The van der Waals surface area contributed by atoms with Crippen LogP contribution in [0.1, 0.15) is 29.4 Å². The molecule has 1 fully saturated rings. The molecule has 0 unspecified atom stereocenters. The fourth-order valence-corrected chi connectivity index (χ4v) is 3.17. The Kier molecular flexibility index (Phi) is 3.62. The average Bonchev–Trinajstić information content (AvgIpc) is 2.66. The van der Waals surface area contributed by atoms with Crippen LogP contribution in [0.2, 0.25) is 0 Å². The van der Waals surface area contributed by atoms with Gasteiger partial charge in [0.2, 0.25) is 0 Å². The Labute approximate surface area is 122 Å². The highest BCUT2D eigenvalue weighted by Gasteiger charge is 2.34. The van der Waals surface area contributed by atoms with Crippen LogP contribution in [-0.2, 0) is 10.4 Å². The first-order chi connectivity index (χ1) is 9.92. The minimum absolute atomic E-state index is 0.695. The Morgan fingerprint density at radius 2 is 1.43 bits per heavy atom. The van der Waals surface area contributed by atoms with Crippen LogP contribution in [0.25, 0.3) is 11.0 Å². The fraction of sp³-hybridized carbons (Fsp3) is 0.385. The van der Waals surface area contributed by atoms with Crippen molar-refractivity contribution >= 4 is 21.4 Å². The molecule has 2 atom stereocenters. The van der Waals surface area contributed by atoms with Crippen molar-refractivity contribution in [2.45, 2.75) is 18.3 Å². The monoisotopic (exact) mass is 309 g/mol. The summed E-state index contributed by atoms with van der Waals surface area (Å²) in [4.78, 5) is 8.78. The van der Waals surface area contributed by atoms with Gasteiger partial charge in [-0.3, -0.25) is 19.1 Å². The largest absolute Gasteiger partial charge is 0.394 e. The molecule has 0 radical (unpaired) electrons. The second-order valence-corrected chi connectivity index (χ2v) is 6.16. The van der Waals surface area contributed by atoms with Crippen LogP contribution in [0, 0.1) is 0 Å². The summed E-state index contributed by atoms with van der Waals surface area (Å²) >= 11 is 0. The van der Waals surface area contributed by atoms with Crippen molar-refractivity contribution in [1.29, 1.82) is 0 Å². The normalized spacial score (nSPS) is 23.3. The van der Waals surface area contributed by atoms with Crippen molar-refractivity contribution in [2.24, 2.45) is 0 Å². The molecule has 4 rings (SSSR count). The number of rotatable bonds is 0. The zero-order chi connectivity index (χ0) is 15.0. The van der Waals surface area contributed by atoms with E-state index in [-0.39, 0.29) is 0 Å². The van der Waals surface area contributed by atoms with Crippen LogP contribution in [0.5, 0.6) is 0 Å². The lowest BCUT2D eigenvalue weighted by Crippen LogP contribution is -2.28.